The highest BCUT2D eigenvalue weighted by atomic mass is 32.1. The number of nitrogens with zero attached hydrogens (tertiary/aromatic N) is 2. The molecule has 4 rings (SSSR count). The number of carboxylic acid groups (broad SMARTS) is 1. The summed E-state index contributed by atoms with van der Waals surface area (Å²) in [4.78, 5) is 31.0. The van der Waals surface area contributed by atoms with Gasteiger partial charge in [0.1, 0.15) is 6.04 Å². The van der Waals surface area contributed by atoms with E-state index in [4.69, 9.17) is 4.98 Å². The first kappa shape index (κ1) is 25.1. The molecule has 7 heteroatoms. The van der Waals surface area contributed by atoms with Crippen LogP contribution in [0.5, 0.6) is 0 Å². The molecule has 184 valence electrons. The van der Waals surface area contributed by atoms with Gasteiger partial charge in [0.2, 0.25) is 0 Å². The zero-order chi connectivity index (χ0) is 25.7. The molecule has 0 bridgehead atoms. The molecular weight excluding hydrogens is 470 g/mol. The molecule has 1 unspecified atom stereocenters. The largest absolute Gasteiger partial charge is 0.480 e. The van der Waals surface area contributed by atoms with Gasteiger partial charge in [0, 0.05) is 29.6 Å². The molecule has 0 spiro atoms. The number of carbonyl (C=O) groups excluding carboxylic acids is 1. The van der Waals surface area contributed by atoms with Gasteiger partial charge >= 0.3 is 5.97 Å². The summed E-state index contributed by atoms with van der Waals surface area (Å²) in [6.07, 6.45) is 1.84. The Morgan fingerprint density at radius 2 is 1.81 bits per heavy atom. The van der Waals surface area contributed by atoms with E-state index in [-0.39, 0.29) is 5.92 Å². The summed E-state index contributed by atoms with van der Waals surface area (Å²) in [6, 6.07) is 20.9. The second-order valence-corrected chi connectivity index (χ2v) is 9.81. The van der Waals surface area contributed by atoms with Gasteiger partial charge < -0.3 is 15.3 Å². The van der Waals surface area contributed by atoms with Crippen LogP contribution in [0.2, 0.25) is 0 Å². The number of thiazole rings is 1. The first-order valence-corrected chi connectivity index (χ1v) is 12.7. The number of fused-ring (bicyclic) bond motifs is 1. The third-order valence-electron chi connectivity index (χ3n) is 5.97. The van der Waals surface area contributed by atoms with Crippen molar-refractivity contribution in [2.24, 2.45) is 5.92 Å². The molecule has 0 aliphatic carbocycles. The minimum Gasteiger partial charge on any atom is -0.480 e. The van der Waals surface area contributed by atoms with Gasteiger partial charge in [-0.25, -0.2) is 9.78 Å². The number of carbonyl (C=O) groups is 2. The van der Waals surface area contributed by atoms with E-state index in [1.54, 1.807) is 37.3 Å². The Hall–Kier alpha value is -3.97. The zero-order valence-electron chi connectivity index (χ0n) is 20.3. The van der Waals surface area contributed by atoms with Gasteiger partial charge in [0.25, 0.3) is 5.91 Å². The lowest BCUT2D eigenvalue weighted by molar-refractivity contribution is -0.140. The molecule has 1 atom stereocenters. The summed E-state index contributed by atoms with van der Waals surface area (Å²) in [7, 11) is 0. The van der Waals surface area contributed by atoms with Crippen LogP contribution in [0.1, 0.15) is 29.8 Å². The lowest BCUT2D eigenvalue weighted by Gasteiger charge is -2.20. The van der Waals surface area contributed by atoms with Crippen LogP contribution in [0, 0.1) is 5.92 Å². The second-order valence-electron chi connectivity index (χ2n) is 8.98. The third kappa shape index (κ3) is 5.80. The van der Waals surface area contributed by atoms with Crippen molar-refractivity contribution >= 4 is 39.1 Å². The molecule has 0 saturated carbocycles. The molecular formula is C29H29N3O3S. The smallest absolute Gasteiger partial charge is 0.326 e. The first-order valence-electron chi connectivity index (χ1n) is 11.8. The summed E-state index contributed by atoms with van der Waals surface area (Å²) in [5.74, 6) is -1.65. The number of amides is 1. The molecule has 3 aromatic carbocycles. The second kappa shape index (κ2) is 11.2. The highest BCUT2D eigenvalue weighted by Crippen LogP contribution is 2.30. The fourth-order valence-corrected chi connectivity index (χ4v) is 4.82. The summed E-state index contributed by atoms with van der Waals surface area (Å²) in [6.45, 7) is 8.65. The van der Waals surface area contributed by atoms with E-state index in [9.17, 15) is 14.7 Å². The molecule has 1 amide bonds. The Labute approximate surface area is 214 Å². The number of benzene rings is 3. The zero-order valence-corrected chi connectivity index (χ0v) is 21.2. The Morgan fingerprint density at radius 1 is 1.08 bits per heavy atom. The van der Waals surface area contributed by atoms with Crippen LogP contribution in [0.15, 0.2) is 84.8 Å². The molecule has 0 fully saturated rings. The van der Waals surface area contributed by atoms with Gasteiger partial charge in [0.05, 0.1) is 5.69 Å². The molecule has 4 aromatic rings. The van der Waals surface area contributed by atoms with Crippen LogP contribution in [0.4, 0.5) is 5.13 Å². The fraction of sp³-hybridized carbons (Fsp3) is 0.207. The summed E-state index contributed by atoms with van der Waals surface area (Å²) < 4.78 is 0. The normalized spacial score (nSPS) is 11.9. The maximum absolute atomic E-state index is 12.5. The van der Waals surface area contributed by atoms with Crippen molar-refractivity contribution < 1.29 is 14.7 Å². The SMILES string of the molecule is C=CCN(Cc1ccc(C(=O)NC(C(=O)O)C(C)C)cc1)c1nc(-c2ccc3ccccc3c2)cs1. The lowest BCUT2D eigenvalue weighted by Crippen LogP contribution is -2.44. The number of anilines is 1. The predicted octanol–water partition coefficient (Wildman–Crippen LogP) is 5.99. The van der Waals surface area contributed by atoms with E-state index in [0.29, 0.717) is 18.7 Å². The Kier molecular flexibility index (Phi) is 7.80. The van der Waals surface area contributed by atoms with Crippen LogP contribution >= 0.6 is 11.3 Å². The maximum Gasteiger partial charge on any atom is 0.326 e. The van der Waals surface area contributed by atoms with Crippen LogP contribution in [0.25, 0.3) is 22.0 Å². The number of rotatable bonds is 10. The number of aliphatic carboxylic acids is 1. The van der Waals surface area contributed by atoms with Crippen molar-refractivity contribution in [1.82, 2.24) is 10.3 Å². The third-order valence-corrected chi connectivity index (χ3v) is 6.87. The van der Waals surface area contributed by atoms with Crippen LogP contribution in [-0.2, 0) is 11.3 Å². The van der Waals surface area contributed by atoms with E-state index in [1.165, 1.54) is 10.8 Å². The van der Waals surface area contributed by atoms with Crippen molar-refractivity contribution in [2.45, 2.75) is 26.4 Å². The van der Waals surface area contributed by atoms with Gasteiger partial charge in [-0.3, -0.25) is 4.79 Å². The monoisotopic (exact) mass is 499 g/mol. The van der Waals surface area contributed by atoms with Crippen molar-refractivity contribution in [3.63, 3.8) is 0 Å². The standard InChI is InChI=1S/C29H29N3O3S/c1-4-15-32(17-20-9-11-22(12-10-20)27(33)31-26(19(2)3)28(34)35)29-30-25(18-36-29)24-14-13-21-7-5-6-8-23(21)16-24/h4-14,16,18-19,26H,1,15,17H2,2-3H3,(H,31,33)(H,34,35). The van der Waals surface area contributed by atoms with Gasteiger partial charge in [-0.1, -0.05) is 68.5 Å². The molecule has 0 aliphatic rings. The summed E-state index contributed by atoms with van der Waals surface area (Å²) >= 11 is 1.58. The number of hydrogen-bond acceptors (Lipinski definition) is 5. The Bertz CT molecular complexity index is 1380. The van der Waals surface area contributed by atoms with Crippen LogP contribution in [-0.4, -0.2) is 34.6 Å². The Morgan fingerprint density at radius 3 is 2.47 bits per heavy atom. The molecule has 36 heavy (non-hydrogen) atoms. The number of hydrogen-bond donors (Lipinski definition) is 2. The first-order chi connectivity index (χ1) is 17.4. The highest BCUT2D eigenvalue weighted by Gasteiger charge is 2.24. The molecule has 0 radical (unpaired) electrons. The highest BCUT2D eigenvalue weighted by molar-refractivity contribution is 7.14. The summed E-state index contributed by atoms with van der Waals surface area (Å²) in [5, 5.41) is 17.3. The quantitative estimate of drug-likeness (QED) is 0.262. The number of aromatic nitrogens is 1. The molecule has 1 aromatic heterocycles. The molecule has 2 N–H and O–H groups in total. The minimum atomic E-state index is -1.04. The van der Waals surface area contributed by atoms with Gasteiger partial charge in [-0.05, 0) is 40.5 Å². The maximum atomic E-state index is 12.5. The van der Waals surface area contributed by atoms with Gasteiger partial charge in [-0.15, -0.1) is 17.9 Å². The van der Waals surface area contributed by atoms with Crippen molar-refractivity contribution in [3.8, 4) is 11.3 Å². The predicted molar refractivity (Wildman–Crippen MR) is 146 cm³/mol. The van der Waals surface area contributed by atoms with Gasteiger partial charge in [-0.2, -0.15) is 0 Å². The topological polar surface area (TPSA) is 82.5 Å². The van der Waals surface area contributed by atoms with Gasteiger partial charge in [0.15, 0.2) is 5.13 Å². The number of carboxylic acids is 1. The fourth-order valence-electron chi connectivity index (χ4n) is 3.98. The molecule has 6 nitrogen and oxygen atoms in total. The molecule has 0 saturated heterocycles. The van der Waals surface area contributed by atoms with E-state index in [0.717, 1.165) is 22.0 Å². The summed E-state index contributed by atoms with van der Waals surface area (Å²) in [5.41, 5.74) is 3.44. The average molecular weight is 500 g/mol. The lowest BCUT2D eigenvalue weighted by atomic mass is 10.0. The van der Waals surface area contributed by atoms with E-state index in [1.807, 2.05) is 30.3 Å². The molecule has 1 heterocycles. The van der Waals surface area contributed by atoms with Crippen molar-refractivity contribution in [1.29, 1.82) is 0 Å². The van der Waals surface area contributed by atoms with E-state index in [2.05, 4.69) is 52.5 Å². The average Bonchev–Trinajstić information content (AvgIpc) is 3.37. The number of nitrogens with one attached hydrogen (secondary N) is 1. The van der Waals surface area contributed by atoms with Crippen molar-refractivity contribution in [3.05, 3.63) is 95.9 Å². The molecule has 0 aliphatic heterocycles. The van der Waals surface area contributed by atoms with Crippen LogP contribution in [0.3, 0.4) is 0 Å². The van der Waals surface area contributed by atoms with E-state index < -0.39 is 17.9 Å². The van der Waals surface area contributed by atoms with Crippen LogP contribution < -0.4 is 10.2 Å². The Balaban J connectivity index is 1.48. The van der Waals surface area contributed by atoms with E-state index >= 15 is 0 Å². The van der Waals surface area contributed by atoms with Crippen molar-refractivity contribution in [2.75, 3.05) is 11.4 Å². The minimum absolute atomic E-state index is 0.212.